The van der Waals surface area contributed by atoms with E-state index in [0.29, 0.717) is 18.1 Å². The van der Waals surface area contributed by atoms with Crippen LogP contribution in [0.5, 0.6) is 0 Å². The van der Waals surface area contributed by atoms with E-state index in [1.54, 1.807) is 0 Å². The molecule has 0 radical (unpaired) electrons. The lowest BCUT2D eigenvalue weighted by molar-refractivity contribution is 0.0500. The van der Waals surface area contributed by atoms with E-state index in [0.717, 1.165) is 30.8 Å². The summed E-state index contributed by atoms with van der Waals surface area (Å²) in [6.45, 7) is 9.14. The average Bonchev–Trinajstić information content (AvgIpc) is 2.47. The van der Waals surface area contributed by atoms with E-state index < -0.39 is 5.60 Å². The summed E-state index contributed by atoms with van der Waals surface area (Å²) >= 11 is 0. The number of nitrogens with two attached hydrogens (primary N) is 1. The van der Waals surface area contributed by atoms with Crippen molar-refractivity contribution >= 4 is 23.3 Å². The molecule has 1 amide bonds. The highest BCUT2D eigenvalue weighted by Crippen LogP contribution is 2.31. The Morgan fingerprint density at radius 1 is 1.46 bits per heavy atom. The molecule has 0 aliphatic carbocycles. The Bertz CT molecular complexity index is 597. The third-order valence-corrected chi connectivity index (χ3v) is 3.88. The first-order valence-corrected chi connectivity index (χ1v) is 8.39. The van der Waals surface area contributed by atoms with Crippen LogP contribution in [0.1, 0.15) is 39.3 Å². The predicted octanol–water partition coefficient (Wildman–Crippen LogP) is 2.51. The molecule has 0 bridgehead atoms. The Balaban J connectivity index is 2.08. The number of nitrogen functional groups attached to an aromatic ring is 1. The number of carbonyl (C=O) groups is 1. The van der Waals surface area contributed by atoms with E-state index in [1.807, 2.05) is 40.8 Å². The molecule has 24 heavy (non-hydrogen) atoms. The maximum atomic E-state index is 12.0. The monoisotopic (exact) mass is 335 g/mol. The van der Waals surface area contributed by atoms with Crippen molar-refractivity contribution in [3.8, 4) is 0 Å². The first kappa shape index (κ1) is 18.2. The average molecular weight is 335 g/mol. The zero-order chi connectivity index (χ0) is 17.9. The SMILES string of the molecule is CNc1nc(C)cc(N2CCCC(NC(=O)OC(C)(C)C)C2)c1N. The molecule has 0 saturated carbocycles. The molecule has 2 heterocycles. The van der Waals surface area contributed by atoms with Gasteiger partial charge in [0.25, 0.3) is 0 Å². The molecule has 1 saturated heterocycles. The number of hydrogen-bond acceptors (Lipinski definition) is 6. The summed E-state index contributed by atoms with van der Waals surface area (Å²) in [5, 5.41) is 6.00. The molecule has 134 valence electrons. The van der Waals surface area contributed by atoms with Crippen LogP contribution in [-0.4, -0.2) is 42.9 Å². The van der Waals surface area contributed by atoms with Crippen LogP contribution in [0.25, 0.3) is 0 Å². The minimum atomic E-state index is -0.493. The standard InChI is InChI=1S/C17H29N5O2/c1-11-9-13(14(18)15(19-5)20-11)22-8-6-7-12(10-22)21-16(23)24-17(2,3)4/h9,12H,6-8,10,18H2,1-5H3,(H,19,20)(H,21,23). The van der Waals surface area contributed by atoms with Gasteiger partial charge in [0.15, 0.2) is 5.82 Å². The summed E-state index contributed by atoms with van der Waals surface area (Å²) in [6.07, 6.45) is 1.54. The van der Waals surface area contributed by atoms with Gasteiger partial charge in [-0.05, 0) is 46.6 Å². The van der Waals surface area contributed by atoms with Crippen molar-refractivity contribution in [2.24, 2.45) is 0 Å². The molecule has 1 atom stereocenters. The number of pyridine rings is 1. The topological polar surface area (TPSA) is 92.5 Å². The molecule has 1 aliphatic heterocycles. The molecule has 2 rings (SSSR count). The van der Waals surface area contributed by atoms with Crippen molar-refractivity contribution in [2.45, 2.75) is 52.2 Å². The number of aryl methyl sites for hydroxylation is 1. The number of amides is 1. The van der Waals surface area contributed by atoms with E-state index >= 15 is 0 Å². The first-order valence-electron chi connectivity index (χ1n) is 8.39. The van der Waals surface area contributed by atoms with Crippen molar-refractivity contribution in [1.29, 1.82) is 0 Å². The summed E-state index contributed by atoms with van der Waals surface area (Å²) in [6, 6.07) is 2.03. The number of nitrogens with one attached hydrogen (secondary N) is 2. The van der Waals surface area contributed by atoms with Crippen LogP contribution >= 0.6 is 0 Å². The summed E-state index contributed by atoms with van der Waals surface area (Å²) in [5.41, 5.74) is 8.26. The van der Waals surface area contributed by atoms with Gasteiger partial charge in [-0.15, -0.1) is 0 Å². The summed E-state index contributed by atoms with van der Waals surface area (Å²) in [7, 11) is 1.81. The first-order chi connectivity index (χ1) is 11.2. The molecule has 7 nitrogen and oxygen atoms in total. The third kappa shape index (κ3) is 4.66. The zero-order valence-corrected chi connectivity index (χ0v) is 15.3. The fourth-order valence-electron chi connectivity index (χ4n) is 2.91. The number of piperidine rings is 1. The number of nitrogens with zero attached hydrogens (tertiary/aromatic N) is 2. The van der Waals surface area contributed by atoms with Crippen molar-refractivity contribution in [3.63, 3.8) is 0 Å². The van der Waals surface area contributed by atoms with Gasteiger partial charge < -0.3 is 26.0 Å². The molecule has 4 N–H and O–H groups in total. The molecular weight excluding hydrogens is 306 g/mol. The van der Waals surface area contributed by atoms with Crippen molar-refractivity contribution in [2.75, 3.05) is 36.1 Å². The smallest absolute Gasteiger partial charge is 0.407 e. The van der Waals surface area contributed by atoms with Gasteiger partial charge in [0.2, 0.25) is 0 Å². The second kappa shape index (κ2) is 7.15. The Hall–Kier alpha value is -2.18. The second-order valence-corrected chi connectivity index (χ2v) is 7.23. The Kier molecular flexibility index (Phi) is 5.41. The van der Waals surface area contributed by atoms with Crippen LogP contribution < -0.4 is 21.3 Å². The number of alkyl carbamates (subject to hydrolysis) is 1. The minimum Gasteiger partial charge on any atom is -0.444 e. The molecule has 1 aromatic heterocycles. The highest BCUT2D eigenvalue weighted by molar-refractivity contribution is 5.79. The van der Waals surface area contributed by atoms with Gasteiger partial charge in [0.05, 0.1) is 11.4 Å². The van der Waals surface area contributed by atoms with Gasteiger partial charge >= 0.3 is 6.09 Å². The van der Waals surface area contributed by atoms with E-state index in [9.17, 15) is 4.79 Å². The highest BCUT2D eigenvalue weighted by atomic mass is 16.6. The summed E-state index contributed by atoms with van der Waals surface area (Å²) in [4.78, 5) is 18.6. The van der Waals surface area contributed by atoms with Gasteiger partial charge in [0, 0.05) is 31.9 Å². The number of hydrogen-bond donors (Lipinski definition) is 3. The molecule has 7 heteroatoms. The quantitative estimate of drug-likeness (QED) is 0.786. The normalized spacial score (nSPS) is 18.2. The largest absolute Gasteiger partial charge is 0.444 e. The fraction of sp³-hybridized carbons (Fsp3) is 0.647. The lowest BCUT2D eigenvalue weighted by Crippen LogP contribution is -2.49. The number of rotatable bonds is 3. The maximum Gasteiger partial charge on any atom is 0.407 e. The molecule has 1 aliphatic rings. The zero-order valence-electron chi connectivity index (χ0n) is 15.3. The third-order valence-electron chi connectivity index (χ3n) is 3.88. The number of ether oxygens (including phenoxy) is 1. The second-order valence-electron chi connectivity index (χ2n) is 7.23. The van der Waals surface area contributed by atoms with E-state index in [4.69, 9.17) is 10.5 Å². The lowest BCUT2D eigenvalue weighted by Gasteiger charge is -2.36. The molecule has 0 spiro atoms. The fourth-order valence-corrected chi connectivity index (χ4v) is 2.91. The van der Waals surface area contributed by atoms with Crippen LogP contribution in [-0.2, 0) is 4.74 Å². The Morgan fingerprint density at radius 3 is 2.79 bits per heavy atom. The van der Waals surface area contributed by atoms with Crippen LogP contribution in [0.3, 0.4) is 0 Å². The van der Waals surface area contributed by atoms with Crippen molar-refractivity contribution in [1.82, 2.24) is 10.3 Å². The van der Waals surface area contributed by atoms with Gasteiger partial charge in [0.1, 0.15) is 5.60 Å². The maximum absolute atomic E-state index is 12.0. The number of carbonyl (C=O) groups excluding carboxylic acids is 1. The number of aromatic nitrogens is 1. The van der Waals surface area contributed by atoms with Gasteiger partial charge in [-0.2, -0.15) is 0 Å². The van der Waals surface area contributed by atoms with Gasteiger partial charge in [-0.3, -0.25) is 0 Å². The molecular formula is C17H29N5O2. The minimum absolute atomic E-state index is 0.0412. The van der Waals surface area contributed by atoms with Crippen molar-refractivity contribution in [3.05, 3.63) is 11.8 Å². The van der Waals surface area contributed by atoms with Crippen LogP contribution in [0.15, 0.2) is 6.07 Å². The van der Waals surface area contributed by atoms with E-state index in [2.05, 4.69) is 20.5 Å². The number of anilines is 3. The Labute approximate surface area is 143 Å². The van der Waals surface area contributed by atoms with Crippen LogP contribution in [0.2, 0.25) is 0 Å². The molecule has 1 unspecified atom stereocenters. The molecule has 1 fully saturated rings. The summed E-state index contributed by atoms with van der Waals surface area (Å²) in [5.74, 6) is 0.687. The molecule has 0 aromatic carbocycles. The predicted molar refractivity (Wildman–Crippen MR) is 97.5 cm³/mol. The highest BCUT2D eigenvalue weighted by Gasteiger charge is 2.26. The van der Waals surface area contributed by atoms with E-state index in [-0.39, 0.29) is 12.1 Å². The van der Waals surface area contributed by atoms with Crippen molar-refractivity contribution < 1.29 is 9.53 Å². The lowest BCUT2D eigenvalue weighted by atomic mass is 10.0. The van der Waals surface area contributed by atoms with Crippen LogP contribution in [0, 0.1) is 6.92 Å². The van der Waals surface area contributed by atoms with Crippen LogP contribution in [0.4, 0.5) is 22.0 Å². The van der Waals surface area contributed by atoms with E-state index in [1.165, 1.54) is 0 Å². The summed E-state index contributed by atoms with van der Waals surface area (Å²) < 4.78 is 5.35. The molecule has 1 aromatic rings. The van der Waals surface area contributed by atoms with Gasteiger partial charge in [-0.1, -0.05) is 0 Å². The Morgan fingerprint density at radius 2 is 2.17 bits per heavy atom. The van der Waals surface area contributed by atoms with Gasteiger partial charge in [-0.25, -0.2) is 9.78 Å².